The molecule has 39 heavy (non-hydrogen) atoms. The number of anilines is 1. The Kier molecular flexibility index (Phi) is 7.42. The highest BCUT2D eigenvalue weighted by atomic mass is 32.1. The molecule has 3 N–H and O–H groups in total. The summed E-state index contributed by atoms with van der Waals surface area (Å²) in [6, 6.07) is 12.6. The smallest absolute Gasteiger partial charge is 0.342 e. The summed E-state index contributed by atoms with van der Waals surface area (Å²) < 4.78 is 25.5. The van der Waals surface area contributed by atoms with Crippen LogP contribution >= 0.6 is 11.3 Å². The van der Waals surface area contributed by atoms with Gasteiger partial charge in [0.1, 0.15) is 27.8 Å². The number of nitrogens with zero attached hydrogens (tertiary/aromatic N) is 2. The first-order valence-corrected chi connectivity index (χ1v) is 13.1. The lowest BCUT2D eigenvalue weighted by Crippen LogP contribution is -2.23. The maximum Gasteiger partial charge on any atom is 0.342 e. The first-order chi connectivity index (χ1) is 18.8. The predicted octanol–water partition coefficient (Wildman–Crippen LogP) is 4.52. The second-order valence-electron chi connectivity index (χ2n) is 8.95. The van der Waals surface area contributed by atoms with E-state index in [0.29, 0.717) is 33.3 Å². The Labute approximate surface area is 227 Å². The van der Waals surface area contributed by atoms with Crippen LogP contribution in [0.2, 0.25) is 0 Å². The minimum atomic E-state index is -0.781. The zero-order valence-electron chi connectivity index (χ0n) is 21.0. The average Bonchev–Trinajstić information content (AvgIpc) is 3.54. The van der Waals surface area contributed by atoms with Crippen LogP contribution in [0.1, 0.15) is 44.0 Å². The van der Waals surface area contributed by atoms with Gasteiger partial charge in [0, 0.05) is 16.6 Å². The van der Waals surface area contributed by atoms with Gasteiger partial charge in [0.25, 0.3) is 11.8 Å². The molecule has 2 aromatic carbocycles. The third kappa shape index (κ3) is 5.53. The lowest BCUT2D eigenvalue weighted by Gasteiger charge is -2.11. The topological polar surface area (TPSA) is 126 Å². The van der Waals surface area contributed by atoms with Crippen molar-refractivity contribution in [3.8, 4) is 22.7 Å². The quantitative estimate of drug-likeness (QED) is 0.312. The number of esters is 1. The average molecular weight is 549 g/mol. The van der Waals surface area contributed by atoms with E-state index in [1.807, 2.05) is 0 Å². The van der Waals surface area contributed by atoms with Gasteiger partial charge < -0.3 is 20.5 Å². The Morgan fingerprint density at radius 3 is 2.64 bits per heavy atom. The molecule has 0 atom stereocenters. The molecular formula is C28H25FN4O5S. The van der Waals surface area contributed by atoms with Gasteiger partial charge in [-0.2, -0.15) is 5.10 Å². The van der Waals surface area contributed by atoms with Crippen molar-refractivity contribution in [1.29, 1.82) is 0 Å². The molecule has 0 spiro atoms. The van der Waals surface area contributed by atoms with Gasteiger partial charge in [-0.25, -0.2) is 13.9 Å². The van der Waals surface area contributed by atoms with Crippen LogP contribution in [0, 0.1) is 5.82 Å². The van der Waals surface area contributed by atoms with Gasteiger partial charge in [0.15, 0.2) is 6.61 Å². The summed E-state index contributed by atoms with van der Waals surface area (Å²) in [4.78, 5) is 39.0. The normalized spacial score (nSPS) is 12.5. The fourth-order valence-corrected chi connectivity index (χ4v) is 5.83. The fraction of sp³-hybridized carbons (Fsp3) is 0.214. The molecule has 4 aromatic rings. The van der Waals surface area contributed by atoms with E-state index in [9.17, 15) is 18.8 Å². The van der Waals surface area contributed by atoms with Crippen molar-refractivity contribution >= 4 is 34.1 Å². The zero-order valence-corrected chi connectivity index (χ0v) is 21.8. The number of hydrogen-bond donors (Lipinski definition) is 2. The molecule has 0 fully saturated rings. The number of amides is 2. The number of rotatable bonds is 8. The Balaban J connectivity index is 1.37. The van der Waals surface area contributed by atoms with Crippen LogP contribution in [0.25, 0.3) is 16.9 Å². The number of carbonyl (C=O) groups is 3. The van der Waals surface area contributed by atoms with Gasteiger partial charge >= 0.3 is 5.97 Å². The van der Waals surface area contributed by atoms with Crippen molar-refractivity contribution in [3.05, 3.63) is 82.1 Å². The highest BCUT2D eigenvalue weighted by Crippen LogP contribution is 2.38. The van der Waals surface area contributed by atoms with E-state index in [4.69, 9.17) is 15.2 Å². The van der Waals surface area contributed by atoms with Crippen molar-refractivity contribution in [3.63, 3.8) is 0 Å². The number of hydrogen-bond acceptors (Lipinski definition) is 7. The molecule has 2 aromatic heterocycles. The molecule has 0 bridgehead atoms. The zero-order chi connectivity index (χ0) is 27.5. The van der Waals surface area contributed by atoms with Crippen LogP contribution in [-0.2, 0) is 22.4 Å². The van der Waals surface area contributed by atoms with E-state index in [2.05, 4.69) is 10.4 Å². The second kappa shape index (κ2) is 11.1. The number of primary amides is 1. The number of carbonyl (C=O) groups excluding carboxylic acids is 3. The second-order valence-corrected chi connectivity index (χ2v) is 10.1. The number of ether oxygens (including phenoxy) is 2. The van der Waals surface area contributed by atoms with Crippen molar-refractivity contribution in [2.75, 3.05) is 19.0 Å². The number of nitrogens with one attached hydrogen (secondary N) is 1. The van der Waals surface area contributed by atoms with Crippen LogP contribution in [-0.4, -0.2) is 41.3 Å². The molecule has 2 heterocycles. The lowest BCUT2D eigenvalue weighted by molar-refractivity contribution is -0.119. The number of benzene rings is 2. The molecule has 0 saturated heterocycles. The van der Waals surface area contributed by atoms with E-state index in [1.165, 1.54) is 53.6 Å². The summed E-state index contributed by atoms with van der Waals surface area (Å²) >= 11 is 1.33. The molecule has 1 aliphatic rings. The summed E-state index contributed by atoms with van der Waals surface area (Å²) in [5.41, 5.74) is 8.33. The van der Waals surface area contributed by atoms with Crippen LogP contribution in [0.15, 0.2) is 54.7 Å². The van der Waals surface area contributed by atoms with E-state index < -0.39 is 30.2 Å². The van der Waals surface area contributed by atoms with E-state index >= 15 is 0 Å². The van der Waals surface area contributed by atoms with E-state index in [-0.39, 0.29) is 5.56 Å². The molecule has 5 rings (SSSR count). The standard InChI is InChI=1S/C28H25FN4O5S/c1-37-19-6-4-5-16(13-19)25-21(14-33(32-25)18-11-9-17(29)10-12-18)28(36)38-15-23(34)31-27-24(26(30)35)20-7-2-3-8-22(20)39-27/h4-6,9-14H,2-3,7-8,15H2,1H3,(H2,30,35)(H,31,34). The molecule has 0 unspecified atom stereocenters. The van der Waals surface area contributed by atoms with Crippen LogP contribution in [0.5, 0.6) is 5.75 Å². The Bertz CT molecular complexity index is 1560. The first kappa shape index (κ1) is 26.1. The lowest BCUT2D eigenvalue weighted by atomic mass is 9.95. The number of fused-ring (bicyclic) bond motifs is 1. The summed E-state index contributed by atoms with van der Waals surface area (Å²) in [7, 11) is 1.53. The molecule has 200 valence electrons. The van der Waals surface area contributed by atoms with Crippen molar-refractivity contribution in [1.82, 2.24) is 9.78 Å². The number of thiophene rings is 1. The highest BCUT2D eigenvalue weighted by Gasteiger charge is 2.26. The van der Waals surface area contributed by atoms with Crippen molar-refractivity contribution in [2.45, 2.75) is 25.7 Å². The molecule has 1 aliphatic carbocycles. The summed E-state index contributed by atoms with van der Waals surface area (Å²) in [5, 5.41) is 7.58. The monoisotopic (exact) mass is 548 g/mol. The number of halogens is 1. The van der Waals surface area contributed by atoms with Crippen LogP contribution in [0.3, 0.4) is 0 Å². The van der Waals surface area contributed by atoms with Gasteiger partial charge in [-0.3, -0.25) is 9.59 Å². The summed E-state index contributed by atoms with van der Waals surface area (Å²) in [5.74, 6) is -1.82. The molecular weight excluding hydrogens is 523 g/mol. The number of aryl methyl sites for hydroxylation is 1. The minimum absolute atomic E-state index is 0.102. The van der Waals surface area contributed by atoms with E-state index in [0.717, 1.165) is 36.1 Å². The highest BCUT2D eigenvalue weighted by molar-refractivity contribution is 7.17. The maximum absolute atomic E-state index is 13.5. The molecule has 0 radical (unpaired) electrons. The Hall–Kier alpha value is -4.51. The van der Waals surface area contributed by atoms with Gasteiger partial charge in [-0.05, 0) is 67.6 Å². The third-order valence-corrected chi connectivity index (χ3v) is 7.58. The SMILES string of the molecule is COc1cccc(-c2nn(-c3ccc(F)cc3)cc2C(=O)OCC(=O)Nc2sc3c(c2C(N)=O)CCCC3)c1. The van der Waals surface area contributed by atoms with Crippen LogP contribution < -0.4 is 15.8 Å². The fourth-order valence-electron chi connectivity index (χ4n) is 4.52. The molecule has 0 saturated carbocycles. The molecule has 2 amide bonds. The van der Waals surface area contributed by atoms with Gasteiger partial charge in [-0.15, -0.1) is 11.3 Å². The maximum atomic E-state index is 13.5. The van der Waals surface area contributed by atoms with E-state index in [1.54, 1.807) is 24.3 Å². The predicted molar refractivity (Wildman–Crippen MR) is 144 cm³/mol. The third-order valence-electron chi connectivity index (χ3n) is 6.37. The molecule has 0 aliphatic heterocycles. The number of nitrogens with two attached hydrogens (primary N) is 1. The number of aromatic nitrogens is 2. The number of methoxy groups -OCH3 is 1. The van der Waals surface area contributed by atoms with Crippen LogP contribution in [0.4, 0.5) is 9.39 Å². The largest absolute Gasteiger partial charge is 0.497 e. The molecule has 9 nitrogen and oxygen atoms in total. The van der Waals surface area contributed by atoms with Gasteiger partial charge in [-0.1, -0.05) is 12.1 Å². The summed E-state index contributed by atoms with van der Waals surface area (Å²) in [6.07, 6.45) is 4.99. The first-order valence-electron chi connectivity index (χ1n) is 12.3. The summed E-state index contributed by atoms with van der Waals surface area (Å²) in [6.45, 7) is -0.584. The Morgan fingerprint density at radius 1 is 1.13 bits per heavy atom. The Morgan fingerprint density at radius 2 is 1.90 bits per heavy atom. The van der Waals surface area contributed by atoms with Crippen molar-refractivity contribution < 1.29 is 28.2 Å². The molecule has 11 heteroatoms. The van der Waals surface area contributed by atoms with Gasteiger partial charge in [0.2, 0.25) is 0 Å². The minimum Gasteiger partial charge on any atom is -0.497 e. The van der Waals surface area contributed by atoms with Gasteiger partial charge in [0.05, 0.1) is 18.4 Å². The van der Waals surface area contributed by atoms with Crippen molar-refractivity contribution in [2.24, 2.45) is 5.73 Å².